The first-order valence-electron chi connectivity index (χ1n) is 7.61. The van der Waals surface area contributed by atoms with Crippen molar-refractivity contribution >= 4 is 27.5 Å². The van der Waals surface area contributed by atoms with E-state index in [0.717, 1.165) is 27.4 Å². The minimum atomic E-state index is -0.914. The molecule has 24 heavy (non-hydrogen) atoms. The molecule has 1 unspecified atom stereocenters. The SMILES string of the molecule is CC(NC(=O)CCc1nc2ccccc2s1)c1ccc(F)c(F)c1. The van der Waals surface area contributed by atoms with E-state index in [1.54, 1.807) is 18.3 Å². The molecule has 0 spiro atoms. The second-order valence-electron chi connectivity index (χ2n) is 5.54. The zero-order valence-corrected chi connectivity index (χ0v) is 13.9. The van der Waals surface area contributed by atoms with Gasteiger partial charge in [0.25, 0.3) is 0 Å². The van der Waals surface area contributed by atoms with Gasteiger partial charge in [0.05, 0.1) is 21.3 Å². The average Bonchev–Trinajstić information content (AvgIpc) is 2.98. The molecule has 3 rings (SSSR count). The molecule has 0 aliphatic carbocycles. The Morgan fingerprint density at radius 3 is 2.75 bits per heavy atom. The lowest BCUT2D eigenvalue weighted by Gasteiger charge is -2.14. The van der Waals surface area contributed by atoms with Gasteiger partial charge in [0, 0.05) is 12.8 Å². The Balaban J connectivity index is 1.57. The van der Waals surface area contributed by atoms with Crippen LogP contribution in [-0.2, 0) is 11.2 Å². The van der Waals surface area contributed by atoms with Crippen LogP contribution in [0.4, 0.5) is 8.78 Å². The number of thiazole rings is 1. The number of para-hydroxylation sites is 1. The van der Waals surface area contributed by atoms with Gasteiger partial charge in [-0.25, -0.2) is 13.8 Å². The topological polar surface area (TPSA) is 42.0 Å². The van der Waals surface area contributed by atoms with Gasteiger partial charge in [-0.3, -0.25) is 4.79 Å². The molecule has 2 aromatic carbocycles. The minimum Gasteiger partial charge on any atom is -0.350 e. The van der Waals surface area contributed by atoms with Crippen molar-refractivity contribution in [3.05, 3.63) is 64.7 Å². The summed E-state index contributed by atoms with van der Waals surface area (Å²) in [6.07, 6.45) is 0.851. The lowest BCUT2D eigenvalue weighted by Crippen LogP contribution is -2.26. The number of carbonyl (C=O) groups is 1. The van der Waals surface area contributed by atoms with Gasteiger partial charge in [-0.15, -0.1) is 11.3 Å². The number of nitrogens with zero attached hydrogens (tertiary/aromatic N) is 1. The van der Waals surface area contributed by atoms with Crippen molar-refractivity contribution in [3.63, 3.8) is 0 Å². The fraction of sp³-hybridized carbons (Fsp3) is 0.222. The molecule has 0 saturated carbocycles. The van der Waals surface area contributed by atoms with Crippen molar-refractivity contribution in [3.8, 4) is 0 Å². The monoisotopic (exact) mass is 346 g/mol. The summed E-state index contributed by atoms with van der Waals surface area (Å²) in [5, 5.41) is 3.70. The summed E-state index contributed by atoms with van der Waals surface area (Å²) in [6.45, 7) is 1.74. The number of hydrogen-bond donors (Lipinski definition) is 1. The molecule has 3 nitrogen and oxygen atoms in total. The molecule has 0 aliphatic rings. The van der Waals surface area contributed by atoms with E-state index in [2.05, 4.69) is 10.3 Å². The molecule has 3 aromatic rings. The van der Waals surface area contributed by atoms with E-state index in [-0.39, 0.29) is 11.9 Å². The highest BCUT2D eigenvalue weighted by molar-refractivity contribution is 7.18. The maximum absolute atomic E-state index is 13.3. The van der Waals surface area contributed by atoms with E-state index in [9.17, 15) is 13.6 Å². The van der Waals surface area contributed by atoms with Crippen molar-refractivity contribution in [1.82, 2.24) is 10.3 Å². The van der Waals surface area contributed by atoms with Gasteiger partial charge in [0.1, 0.15) is 0 Å². The molecule has 1 aromatic heterocycles. The number of halogens is 2. The standard InChI is InChI=1S/C18H16F2N2OS/c1-11(12-6-7-13(19)14(20)10-12)21-17(23)8-9-18-22-15-4-2-3-5-16(15)24-18/h2-7,10-11H,8-9H2,1H3,(H,21,23). The average molecular weight is 346 g/mol. The molecular weight excluding hydrogens is 330 g/mol. The fourth-order valence-corrected chi connectivity index (χ4v) is 3.39. The third-order valence-corrected chi connectivity index (χ3v) is 4.82. The van der Waals surface area contributed by atoms with Crippen LogP contribution in [0.5, 0.6) is 0 Å². The van der Waals surface area contributed by atoms with Gasteiger partial charge in [-0.1, -0.05) is 18.2 Å². The molecule has 0 saturated heterocycles. The highest BCUT2D eigenvalue weighted by atomic mass is 32.1. The van der Waals surface area contributed by atoms with Gasteiger partial charge in [0.15, 0.2) is 11.6 Å². The summed E-state index contributed by atoms with van der Waals surface area (Å²) in [4.78, 5) is 16.6. The van der Waals surface area contributed by atoms with Crippen molar-refractivity contribution in [1.29, 1.82) is 0 Å². The smallest absolute Gasteiger partial charge is 0.220 e. The van der Waals surface area contributed by atoms with Crippen LogP contribution in [-0.4, -0.2) is 10.9 Å². The number of carbonyl (C=O) groups excluding carboxylic acids is 1. The van der Waals surface area contributed by atoms with Crippen molar-refractivity contribution in [2.75, 3.05) is 0 Å². The first kappa shape index (κ1) is 16.5. The predicted octanol–water partition coefficient (Wildman–Crippen LogP) is 4.38. The molecule has 6 heteroatoms. The quantitative estimate of drug-likeness (QED) is 0.745. The molecule has 1 amide bonds. The highest BCUT2D eigenvalue weighted by Gasteiger charge is 2.13. The zero-order chi connectivity index (χ0) is 17.1. The van der Waals surface area contributed by atoms with E-state index in [4.69, 9.17) is 0 Å². The lowest BCUT2D eigenvalue weighted by molar-refractivity contribution is -0.121. The number of fused-ring (bicyclic) bond motifs is 1. The number of rotatable bonds is 5. The van der Waals surface area contributed by atoms with Crippen LogP contribution in [0.3, 0.4) is 0 Å². The Bertz CT molecular complexity index is 845. The van der Waals surface area contributed by atoms with Crippen LogP contribution < -0.4 is 5.32 Å². The molecule has 0 bridgehead atoms. The Hall–Kier alpha value is -2.34. The number of aromatic nitrogens is 1. The molecule has 1 N–H and O–H groups in total. The maximum atomic E-state index is 13.3. The molecule has 0 aliphatic heterocycles. The van der Waals surface area contributed by atoms with E-state index in [1.165, 1.54) is 6.07 Å². The summed E-state index contributed by atoms with van der Waals surface area (Å²) in [6, 6.07) is 11.1. The lowest BCUT2D eigenvalue weighted by atomic mass is 10.1. The van der Waals surface area contributed by atoms with Gasteiger partial charge in [-0.2, -0.15) is 0 Å². The first-order valence-corrected chi connectivity index (χ1v) is 8.43. The molecule has 0 fully saturated rings. The number of benzene rings is 2. The normalized spacial score (nSPS) is 12.3. The number of aryl methyl sites for hydroxylation is 1. The molecule has 124 valence electrons. The van der Waals surface area contributed by atoms with E-state index >= 15 is 0 Å². The third-order valence-electron chi connectivity index (χ3n) is 3.73. The zero-order valence-electron chi connectivity index (χ0n) is 13.1. The second-order valence-corrected chi connectivity index (χ2v) is 6.65. The van der Waals surface area contributed by atoms with E-state index in [1.807, 2.05) is 24.3 Å². The Morgan fingerprint density at radius 1 is 1.21 bits per heavy atom. The molecule has 0 radical (unpaired) electrons. The van der Waals surface area contributed by atoms with Crippen LogP contribution in [0.1, 0.15) is 30.0 Å². The fourth-order valence-electron chi connectivity index (χ4n) is 2.43. The van der Waals surface area contributed by atoms with E-state index in [0.29, 0.717) is 18.4 Å². The van der Waals surface area contributed by atoms with Crippen LogP contribution in [0, 0.1) is 11.6 Å². The van der Waals surface area contributed by atoms with Crippen LogP contribution in [0.25, 0.3) is 10.2 Å². The summed E-state index contributed by atoms with van der Waals surface area (Å²) < 4.78 is 27.3. The summed E-state index contributed by atoms with van der Waals surface area (Å²) >= 11 is 1.58. The number of amides is 1. The Morgan fingerprint density at radius 2 is 2.00 bits per heavy atom. The van der Waals surface area contributed by atoms with Crippen LogP contribution >= 0.6 is 11.3 Å². The minimum absolute atomic E-state index is 0.147. The third kappa shape index (κ3) is 3.76. The van der Waals surface area contributed by atoms with Crippen molar-refractivity contribution in [2.45, 2.75) is 25.8 Å². The van der Waals surface area contributed by atoms with Gasteiger partial charge >= 0.3 is 0 Å². The molecule has 1 heterocycles. The van der Waals surface area contributed by atoms with Crippen molar-refractivity contribution < 1.29 is 13.6 Å². The maximum Gasteiger partial charge on any atom is 0.220 e. The summed E-state index contributed by atoms with van der Waals surface area (Å²) in [5.74, 6) is -1.96. The van der Waals surface area contributed by atoms with Crippen molar-refractivity contribution in [2.24, 2.45) is 0 Å². The second kappa shape index (κ2) is 7.05. The van der Waals surface area contributed by atoms with Gasteiger partial charge < -0.3 is 5.32 Å². The Labute approximate surface area is 142 Å². The highest BCUT2D eigenvalue weighted by Crippen LogP contribution is 2.22. The number of hydrogen-bond acceptors (Lipinski definition) is 3. The van der Waals surface area contributed by atoms with E-state index < -0.39 is 11.6 Å². The predicted molar refractivity (Wildman–Crippen MR) is 90.9 cm³/mol. The molecular formula is C18H16F2N2OS. The molecule has 1 atom stereocenters. The number of nitrogens with one attached hydrogen (secondary N) is 1. The van der Waals surface area contributed by atoms with Gasteiger partial charge in [-0.05, 0) is 36.8 Å². The van der Waals surface area contributed by atoms with Crippen LogP contribution in [0.2, 0.25) is 0 Å². The Kier molecular flexibility index (Phi) is 4.85. The first-order chi connectivity index (χ1) is 11.5. The van der Waals surface area contributed by atoms with Crippen LogP contribution in [0.15, 0.2) is 42.5 Å². The van der Waals surface area contributed by atoms with Gasteiger partial charge in [0.2, 0.25) is 5.91 Å². The largest absolute Gasteiger partial charge is 0.350 e. The summed E-state index contributed by atoms with van der Waals surface area (Å²) in [5.41, 5.74) is 1.47. The summed E-state index contributed by atoms with van der Waals surface area (Å²) in [7, 11) is 0.